The topological polar surface area (TPSA) is 42.0 Å². The van der Waals surface area contributed by atoms with Crippen molar-refractivity contribution in [2.45, 2.75) is 6.18 Å². The fourth-order valence-electron chi connectivity index (χ4n) is 2.11. The Labute approximate surface area is 150 Å². The third-order valence-electron chi connectivity index (χ3n) is 3.29. The molecule has 3 rings (SSSR count). The fraction of sp³-hybridized carbons (Fsp3) is 0.0588. The van der Waals surface area contributed by atoms with Crippen LogP contribution in [-0.4, -0.2) is 10.8 Å². The van der Waals surface area contributed by atoms with Crippen LogP contribution in [0, 0.1) is 0 Å². The van der Waals surface area contributed by atoms with Crippen LogP contribution in [0.3, 0.4) is 0 Å². The molecule has 3 nitrogen and oxygen atoms in total. The van der Waals surface area contributed by atoms with Gasteiger partial charge in [0.2, 0.25) is 5.78 Å². The molecular weight excluding hydrogens is 373 g/mol. The maximum Gasteiger partial charge on any atom is 0.416 e. The molecule has 0 aliphatic rings. The number of carbonyl (C=O) groups excluding carboxylic acids is 1. The first kappa shape index (κ1) is 17.4. The monoisotopic (exact) mass is 382 g/mol. The third-order valence-corrected chi connectivity index (χ3v) is 4.53. The molecule has 0 unspecified atom stereocenters. The van der Waals surface area contributed by atoms with E-state index in [0.717, 1.165) is 23.5 Å². The minimum atomic E-state index is -4.42. The Morgan fingerprint density at radius 3 is 2.60 bits per heavy atom. The summed E-state index contributed by atoms with van der Waals surface area (Å²) in [6.07, 6.45) is -3.06. The molecule has 2 aromatic carbocycles. The van der Waals surface area contributed by atoms with Gasteiger partial charge in [-0.2, -0.15) is 13.2 Å². The Balaban J connectivity index is 1.81. The van der Waals surface area contributed by atoms with Crippen LogP contribution in [0.15, 0.2) is 54.7 Å². The molecule has 0 fully saturated rings. The van der Waals surface area contributed by atoms with Gasteiger partial charge in [-0.25, -0.2) is 4.98 Å². The number of thiazole rings is 1. The van der Waals surface area contributed by atoms with Gasteiger partial charge in [0.25, 0.3) is 0 Å². The predicted octanol–water partition coefficient (Wildman–Crippen LogP) is 5.79. The number of rotatable bonds is 4. The summed E-state index contributed by atoms with van der Waals surface area (Å²) in [5, 5.41) is 3.42. The van der Waals surface area contributed by atoms with Crippen LogP contribution < -0.4 is 5.32 Å². The van der Waals surface area contributed by atoms with Gasteiger partial charge in [0, 0.05) is 11.3 Å². The number of hydrogen-bond acceptors (Lipinski definition) is 4. The predicted molar refractivity (Wildman–Crippen MR) is 91.7 cm³/mol. The molecule has 1 heterocycles. The Morgan fingerprint density at radius 1 is 1.12 bits per heavy atom. The van der Waals surface area contributed by atoms with Crippen LogP contribution in [0.4, 0.5) is 24.0 Å². The summed E-state index contributed by atoms with van der Waals surface area (Å²) in [5.74, 6) is -0.291. The summed E-state index contributed by atoms with van der Waals surface area (Å²) in [7, 11) is 0. The molecule has 1 N–H and O–H groups in total. The standard InChI is InChI=1S/C17H10ClF3N2OS/c18-13-7-2-1-6-12(13)15(24)14-9-22-16(25-14)23-11-5-3-4-10(8-11)17(19,20)21/h1-9H,(H,22,23). The van der Waals surface area contributed by atoms with E-state index in [1.165, 1.54) is 18.3 Å². The van der Waals surface area contributed by atoms with Crippen LogP contribution in [0.5, 0.6) is 0 Å². The van der Waals surface area contributed by atoms with Crippen LogP contribution in [0.25, 0.3) is 0 Å². The average molecular weight is 383 g/mol. The first-order valence-corrected chi connectivity index (χ1v) is 8.23. The smallest absolute Gasteiger partial charge is 0.332 e. The molecule has 0 bridgehead atoms. The molecule has 8 heteroatoms. The molecular formula is C17H10ClF3N2OS. The van der Waals surface area contributed by atoms with Gasteiger partial charge in [-0.3, -0.25) is 4.79 Å². The van der Waals surface area contributed by atoms with E-state index in [4.69, 9.17) is 11.6 Å². The second kappa shape index (κ2) is 6.85. The molecule has 0 spiro atoms. The van der Waals surface area contributed by atoms with E-state index in [0.29, 0.717) is 20.6 Å². The Hall–Kier alpha value is -2.38. The number of nitrogens with zero attached hydrogens (tertiary/aromatic N) is 1. The van der Waals surface area contributed by atoms with E-state index in [1.807, 2.05) is 0 Å². The number of aromatic nitrogens is 1. The van der Waals surface area contributed by atoms with Crippen molar-refractivity contribution in [3.8, 4) is 0 Å². The van der Waals surface area contributed by atoms with Gasteiger partial charge in [0.15, 0.2) is 5.13 Å². The van der Waals surface area contributed by atoms with E-state index in [9.17, 15) is 18.0 Å². The van der Waals surface area contributed by atoms with Crippen LogP contribution in [0.2, 0.25) is 5.02 Å². The number of benzene rings is 2. The van der Waals surface area contributed by atoms with Gasteiger partial charge in [-0.05, 0) is 30.3 Å². The Bertz CT molecular complexity index is 924. The lowest BCUT2D eigenvalue weighted by atomic mass is 10.1. The quantitative estimate of drug-likeness (QED) is 0.581. The molecule has 128 valence electrons. The number of hydrogen-bond donors (Lipinski definition) is 1. The van der Waals surface area contributed by atoms with Gasteiger partial charge >= 0.3 is 6.18 Å². The number of anilines is 2. The molecule has 0 atom stereocenters. The number of halogens is 4. The molecule has 0 radical (unpaired) electrons. The van der Waals surface area contributed by atoms with Crippen LogP contribution >= 0.6 is 22.9 Å². The van der Waals surface area contributed by atoms with Crippen LogP contribution in [0.1, 0.15) is 20.8 Å². The molecule has 1 aromatic heterocycles. The Kier molecular flexibility index (Phi) is 4.78. The summed E-state index contributed by atoms with van der Waals surface area (Å²) in [6, 6.07) is 11.4. The van der Waals surface area contributed by atoms with E-state index in [1.54, 1.807) is 24.3 Å². The van der Waals surface area contributed by atoms with Crippen molar-refractivity contribution < 1.29 is 18.0 Å². The third kappa shape index (κ3) is 4.00. The van der Waals surface area contributed by atoms with Gasteiger partial charge in [0.05, 0.1) is 21.7 Å². The summed E-state index contributed by atoms with van der Waals surface area (Å²) >= 11 is 7.05. The highest BCUT2D eigenvalue weighted by Crippen LogP contribution is 2.32. The van der Waals surface area contributed by atoms with E-state index in [2.05, 4.69) is 10.3 Å². The van der Waals surface area contributed by atoms with Crippen molar-refractivity contribution >= 4 is 39.5 Å². The zero-order valence-corrected chi connectivity index (χ0v) is 14.0. The van der Waals surface area contributed by atoms with Gasteiger partial charge < -0.3 is 5.32 Å². The highest BCUT2D eigenvalue weighted by molar-refractivity contribution is 7.17. The van der Waals surface area contributed by atoms with Crippen molar-refractivity contribution in [3.05, 3.63) is 75.8 Å². The SMILES string of the molecule is O=C(c1cnc(Nc2cccc(C(F)(F)F)c2)s1)c1ccccc1Cl. The highest BCUT2D eigenvalue weighted by atomic mass is 35.5. The lowest BCUT2D eigenvalue weighted by Gasteiger charge is -2.08. The lowest BCUT2D eigenvalue weighted by molar-refractivity contribution is -0.137. The summed E-state index contributed by atoms with van der Waals surface area (Å²) in [6.45, 7) is 0. The van der Waals surface area contributed by atoms with Crippen molar-refractivity contribution in [2.75, 3.05) is 5.32 Å². The first-order chi connectivity index (χ1) is 11.8. The van der Waals surface area contributed by atoms with Gasteiger partial charge in [-0.1, -0.05) is 41.1 Å². The van der Waals surface area contributed by atoms with E-state index < -0.39 is 11.7 Å². The largest absolute Gasteiger partial charge is 0.416 e. The molecule has 3 aromatic rings. The summed E-state index contributed by atoms with van der Waals surface area (Å²) < 4.78 is 38.2. The number of carbonyl (C=O) groups is 1. The maximum absolute atomic E-state index is 12.7. The molecule has 0 aliphatic carbocycles. The van der Waals surface area contributed by atoms with Crippen molar-refractivity contribution in [2.24, 2.45) is 0 Å². The first-order valence-electron chi connectivity index (χ1n) is 7.04. The van der Waals surface area contributed by atoms with Gasteiger partial charge in [-0.15, -0.1) is 0 Å². The van der Waals surface area contributed by atoms with Crippen molar-refractivity contribution in [1.82, 2.24) is 4.98 Å². The Morgan fingerprint density at radius 2 is 1.88 bits per heavy atom. The zero-order valence-electron chi connectivity index (χ0n) is 12.5. The maximum atomic E-state index is 12.7. The zero-order chi connectivity index (χ0) is 18.0. The van der Waals surface area contributed by atoms with Crippen molar-refractivity contribution in [1.29, 1.82) is 0 Å². The normalized spacial score (nSPS) is 11.4. The number of ketones is 1. The molecule has 0 aliphatic heterocycles. The number of nitrogens with one attached hydrogen (secondary N) is 1. The lowest BCUT2D eigenvalue weighted by Crippen LogP contribution is -2.05. The molecule has 0 saturated carbocycles. The molecule has 25 heavy (non-hydrogen) atoms. The van der Waals surface area contributed by atoms with E-state index >= 15 is 0 Å². The highest BCUT2D eigenvalue weighted by Gasteiger charge is 2.30. The van der Waals surface area contributed by atoms with E-state index in [-0.39, 0.29) is 11.5 Å². The second-order valence-electron chi connectivity index (χ2n) is 5.04. The van der Waals surface area contributed by atoms with Crippen LogP contribution in [-0.2, 0) is 6.18 Å². The fourth-order valence-corrected chi connectivity index (χ4v) is 3.12. The minimum Gasteiger partial charge on any atom is -0.332 e. The summed E-state index contributed by atoms with van der Waals surface area (Å²) in [4.78, 5) is 16.8. The number of alkyl halides is 3. The molecule has 0 saturated heterocycles. The van der Waals surface area contributed by atoms with Crippen molar-refractivity contribution in [3.63, 3.8) is 0 Å². The minimum absolute atomic E-state index is 0.237. The second-order valence-corrected chi connectivity index (χ2v) is 6.48. The van der Waals surface area contributed by atoms with Gasteiger partial charge in [0.1, 0.15) is 0 Å². The average Bonchev–Trinajstić information content (AvgIpc) is 3.03. The molecule has 0 amide bonds. The summed E-state index contributed by atoms with van der Waals surface area (Å²) in [5.41, 5.74) is -0.180.